The van der Waals surface area contributed by atoms with Crippen molar-refractivity contribution in [2.45, 2.75) is 6.42 Å². The molecule has 0 atom stereocenters. The summed E-state index contributed by atoms with van der Waals surface area (Å²) in [5.74, 6) is 1.15. The smallest absolute Gasteiger partial charge is 0.226 e. The van der Waals surface area contributed by atoms with Crippen molar-refractivity contribution < 1.29 is 8.81 Å². The molecule has 6 nitrogen and oxygen atoms in total. The predicted octanol–water partition coefficient (Wildman–Crippen LogP) is 3.48. The van der Waals surface area contributed by atoms with E-state index in [4.69, 9.17) is 4.42 Å². The third kappa shape index (κ3) is 4.76. The third-order valence-corrected chi connectivity index (χ3v) is 5.85. The highest BCUT2D eigenvalue weighted by Gasteiger charge is 2.20. The van der Waals surface area contributed by atoms with Crippen molar-refractivity contribution in [3.63, 3.8) is 0 Å². The highest BCUT2D eigenvalue weighted by atomic mass is 32.1. The van der Waals surface area contributed by atoms with E-state index >= 15 is 0 Å². The first-order chi connectivity index (χ1) is 14.2. The van der Waals surface area contributed by atoms with Gasteiger partial charge in [0.15, 0.2) is 5.96 Å². The van der Waals surface area contributed by atoms with Crippen molar-refractivity contribution in [3.8, 4) is 11.5 Å². The summed E-state index contributed by atoms with van der Waals surface area (Å²) in [6.45, 7) is 4.58. The van der Waals surface area contributed by atoms with Crippen LogP contribution in [0.1, 0.15) is 5.69 Å². The number of thiophene rings is 1. The molecule has 0 bridgehead atoms. The Kier molecular flexibility index (Phi) is 6.09. The highest BCUT2D eigenvalue weighted by molar-refractivity contribution is 7.14. The lowest BCUT2D eigenvalue weighted by Crippen LogP contribution is -2.52. The molecule has 1 aliphatic heterocycles. The molecular formula is C21H24FN5OS. The maximum atomic E-state index is 13.1. The zero-order chi connectivity index (χ0) is 20.1. The van der Waals surface area contributed by atoms with Gasteiger partial charge in [0.25, 0.3) is 0 Å². The average molecular weight is 414 g/mol. The molecule has 1 N–H and O–H groups in total. The standard InChI is InChI=1S/C21H24FN5OS/c1-23-21(27-12-10-26(11-13-27)19-3-2-14-29-19)24-9-8-18-15-28-20(25-18)16-4-6-17(22)7-5-16/h2-7,14-15H,8-13H2,1H3,(H,23,24). The topological polar surface area (TPSA) is 56.9 Å². The first-order valence-electron chi connectivity index (χ1n) is 9.67. The number of oxazole rings is 1. The van der Waals surface area contributed by atoms with Gasteiger partial charge in [-0.05, 0) is 41.8 Å². The van der Waals surface area contributed by atoms with Gasteiger partial charge in [0, 0.05) is 51.8 Å². The van der Waals surface area contributed by atoms with Crippen LogP contribution in [0.15, 0.2) is 57.5 Å². The molecular weight excluding hydrogens is 389 g/mol. The molecule has 3 aromatic rings. The van der Waals surface area contributed by atoms with Gasteiger partial charge in [-0.2, -0.15) is 0 Å². The fourth-order valence-corrected chi connectivity index (χ4v) is 4.16. The molecule has 0 spiro atoms. The number of aliphatic imine (C=N–C) groups is 1. The Bertz CT molecular complexity index is 930. The van der Waals surface area contributed by atoms with Crippen molar-refractivity contribution in [1.82, 2.24) is 15.2 Å². The van der Waals surface area contributed by atoms with E-state index in [1.807, 2.05) is 7.05 Å². The van der Waals surface area contributed by atoms with Crippen molar-refractivity contribution >= 4 is 22.3 Å². The number of piperazine rings is 1. The molecule has 8 heteroatoms. The summed E-state index contributed by atoms with van der Waals surface area (Å²) >= 11 is 1.78. The van der Waals surface area contributed by atoms with Crippen LogP contribution in [0, 0.1) is 5.82 Å². The van der Waals surface area contributed by atoms with Crippen molar-refractivity contribution in [2.24, 2.45) is 4.99 Å². The summed E-state index contributed by atoms with van der Waals surface area (Å²) in [6.07, 6.45) is 2.38. The van der Waals surface area contributed by atoms with Crippen LogP contribution in [0.5, 0.6) is 0 Å². The van der Waals surface area contributed by atoms with Gasteiger partial charge in [-0.3, -0.25) is 4.99 Å². The van der Waals surface area contributed by atoms with E-state index in [0.29, 0.717) is 12.4 Å². The SMILES string of the molecule is CN=C(NCCc1coc(-c2ccc(F)cc2)n1)N1CCN(c2cccs2)CC1. The molecule has 1 saturated heterocycles. The molecule has 1 fully saturated rings. The van der Waals surface area contributed by atoms with Crippen molar-refractivity contribution in [2.75, 3.05) is 44.7 Å². The van der Waals surface area contributed by atoms with Crippen LogP contribution in [0.2, 0.25) is 0 Å². The van der Waals surface area contributed by atoms with Gasteiger partial charge in [0.05, 0.1) is 10.7 Å². The summed E-state index contributed by atoms with van der Waals surface area (Å²) in [7, 11) is 1.82. The summed E-state index contributed by atoms with van der Waals surface area (Å²) in [5.41, 5.74) is 1.62. The minimum atomic E-state index is -0.271. The fraction of sp³-hybridized carbons (Fsp3) is 0.333. The third-order valence-electron chi connectivity index (χ3n) is 4.92. The number of nitrogens with one attached hydrogen (secondary N) is 1. The van der Waals surface area contributed by atoms with Crippen molar-refractivity contribution in [3.05, 3.63) is 59.6 Å². The van der Waals surface area contributed by atoms with Gasteiger partial charge in [-0.15, -0.1) is 11.3 Å². The molecule has 0 amide bonds. The van der Waals surface area contributed by atoms with E-state index in [1.165, 1.54) is 17.1 Å². The number of rotatable bonds is 5. The van der Waals surface area contributed by atoms with E-state index in [9.17, 15) is 4.39 Å². The van der Waals surface area contributed by atoms with Crippen LogP contribution in [-0.4, -0.2) is 55.6 Å². The molecule has 0 radical (unpaired) electrons. The summed E-state index contributed by atoms with van der Waals surface area (Å²) in [5, 5.41) is 6.87. The molecule has 0 unspecified atom stereocenters. The van der Waals surface area contributed by atoms with Gasteiger partial charge in [0.2, 0.25) is 5.89 Å². The molecule has 0 saturated carbocycles. The average Bonchev–Trinajstić information content (AvgIpc) is 3.45. The molecule has 152 valence electrons. The molecule has 4 rings (SSSR count). The van der Waals surface area contributed by atoms with E-state index in [1.54, 1.807) is 29.7 Å². The number of hydrogen-bond acceptors (Lipinski definition) is 5. The first-order valence-corrected chi connectivity index (χ1v) is 10.6. The Hall–Kier alpha value is -2.87. The number of nitrogens with zero attached hydrogens (tertiary/aromatic N) is 4. The lowest BCUT2D eigenvalue weighted by molar-refractivity contribution is 0.373. The fourth-order valence-electron chi connectivity index (χ4n) is 3.37. The van der Waals surface area contributed by atoms with E-state index in [2.05, 4.69) is 42.6 Å². The quantitative estimate of drug-likeness (QED) is 0.513. The Morgan fingerprint density at radius 1 is 1.21 bits per heavy atom. The second-order valence-corrected chi connectivity index (χ2v) is 7.73. The zero-order valence-corrected chi connectivity index (χ0v) is 17.2. The van der Waals surface area contributed by atoms with Gasteiger partial charge < -0.3 is 19.5 Å². The normalized spacial score (nSPS) is 15.0. The predicted molar refractivity (Wildman–Crippen MR) is 115 cm³/mol. The number of benzene rings is 1. The van der Waals surface area contributed by atoms with Crippen LogP contribution >= 0.6 is 11.3 Å². The Balaban J connectivity index is 1.26. The highest BCUT2D eigenvalue weighted by Crippen LogP contribution is 2.22. The minimum Gasteiger partial charge on any atom is -0.444 e. The van der Waals surface area contributed by atoms with E-state index < -0.39 is 0 Å². The number of hydrogen-bond donors (Lipinski definition) is 1. The minimum absolute atomic E-state index is 0.271. The summed E-state index contributed by atoms with van der Waals surface area (Å²) < 4.78 is 18.6. The number of anilines is 1. The molecule has 0 aliphatic carbocycles. The van der Waals surface area contributed by atoms with Crippen molar-refractivity contribution in [1.29, 1.82) is 0 Å². The van der Waals surface area contributed by atoms with Gasteiger partial charge in [-0.1, -0.05) is 0 Å². The van der Waals surface area contributed by atoms with E-state index in [0.717, 1.165) is 49.8 Å². The van der Waals surface area contributed by atoms with Crippen LogP contribution < -0.4 is 10.2 Å². The maximum absolute atomic E-state index is 13.1. The first kappa shape index (κ1) is 19.4. The summed E-state index contributed by atoms with van der Waals surface area (Å²) in [4.78, 5) is 13.6. The number of guanidine groups is 1. The Labute approximate surface area is 173 Å². The van der Waals surface area contributed by atoms with Gasteiger partial charge in [-0.25, -0.2) is 9.37 Å². The second kappa shape index (κ2) is 9.09. The molecule has 2 aromatic heterocycles. The maximum Gasteiger partial charge on any atom is 0.226 e. The number of aromatic nitrogens is 1. The second-order valence-electron chi connectivity index (χ2n) is 6.80. The zero-order valence-electron chi connectivity index (χ0n) is 16.3. The van der Waals surface area contributed by atoms with Crippen LogP contribution in [0.25, 0.3) is 11.5 Å². The summed E-state index contributed by atoms with van der Waals surface area (Å²) in [6, 6.07) is 10.4. The monoisotopic (exact) mass is 413 g/mol. The molecule has 29 heavy (non-hydrogen) atoms. The Morgan fingerprint density at radius 3 is 2.69 bits per heavy atom. The van der Waals surface area contributed by atoms with Gasteiger partial charge in [0.1, 0.15) is 12.1 Å². The van der Waals surface area contributed by atoms with Crippen LogP contribution in [-0.2, 0) is 6.42 Å². The van der Waals surface area contributed by atoms with Crippen LogP contribution in [0.3, 0.4) is 0 Å². The Morgan fingerprint density at radius 2 is 2.00 bits per heavy atom. The molecule has 1 aliphatic rings. The molecule has 1 aromatic carbocycles. The lowest BCUT2D eigenvalue weighted by Gasteiger charge is -2.37. The largest absolute Gasteiger partial charge is 0.444 e. The van der Waals surface area contributed by atoms with Gasteiger partial charge >= 0.3 is 0 Å². The van der Waals surface area contributed by atoms with E-state index in [-0.39, 0.29) is 5.82 Å². The lowest BCUT2D eigenvalue weighted by atomic mass is 10.2. The van der Waals surface area contributed by atoms with Crippen LogP contribution in [0.4, 0.5) is 9.39 Å². The molecule has 3 heterocycles. The number of halogens is 1.